The second-order valence-electron chi connectivity index (χ2n) is 3.10. The molecule has 6 heteroatoms. The van der Waals surface area contributed by atoms with Gasteiger partial charge in [0.2, 0.25) is 0 Å². The van der Waals surface area contributed by atoms with Gasteiger partial charge in [-0.2, -0.15) is 11.8 Å². The molecule has 3 nitrogen and oxygen atoms in total. The number of rotatable bonds is 4. The van der Waals surface area contributed by atoms with Crippen LogP contribution in [0.3, 0.4) is 0 Å². The number of anilines is 1. The molecule has 0 saturated heterocycles. The number of nitrogen functional groups attached to an aromatic ring is 1. The van der Waals surface area contributed by atoms with Gasteiger partial charge in [-0.15, -0.1) is 0 Å². The second-order valence-corrected chi connectivity index (χ2v) is 4.09. The monoisotopic (exact) mass is 246 g/mol. The molecule has 0 atom stereocenters. The van der Waals surface area contributed by atoms with Crippen LogP contribution in [-0.2, 0) is 0 Å². The van der Waals surface area contributed by atoms with Gasteiger partial charge in [-0.25, -0.2) is 8.78 Å². The highest BCUT2D eigenvalue weighted by atomic mass is 32.2. The number of thioether (sulfide) groups is 1. The molecule has 1 amide bonds. The lowest BCUT2D eigenvalue weighted by atomic mass is 10.1. The predicted molar refractivity (Wildman–Crippen MR) is 61.5 cm³/mol. The standard InChI is InChI=1S/C10H12F2N2OS/c1-16-3-2-14-10(15)6-4-9(13)8(12)5-7(6)11/h4-5H,2-3,13H2,1H3,(H,14,15). The maximum atomic E-state index is 13.2. The van der Waals surface area contributed by atoms with Gasteiger partial charge >= 0.3 is 0 Å². The summed E-state index contributed by atoms with van der Waals surface area (Å²) in [6.07, 6.45) is 1.89. The first kappa shape index (κ1) is 12.8. The van der Waals surface area contributed by atoms with Gasteiger partial charge in [0.15, 0.2) is 0 Å². The van der Waals surface area contributed by atoms with Crippen molar-refractivity contribution in [2.75, 3.05) is 24.3 Å². The van der Waals surface area contributed by atoms with Crippen molar-refractivity contribution in [2.24, 2.45) is 0 Å². The van der Waals surface area contributed by atoms with Crippen LogP contribution >= 0.6 is 11.8 Å². The average Bonchev–Trinajstić information content (AvgIpc) is 2.23. The molecule has 1 rings (SSSR count). The molecule has 1 aromatic carbocycles. The Hall–Kier alpha value is -1.30. The van der Waals surface area contributed by atoms with Crippen LogP contribution in [0.4, 0.5) is 14.5 Å². The van der Waals surface area contributed by atoms with E-state index in [9.17, 15) is 13.6 Å². The molecule has 0 spiro atoms. The number of nitrogens with one attached hydrogen (secondary N) is 1. The van der Waals surface area contributed by atoms with Crippen LogP contribution in [0.5, 0.6) is 0 Å². The van der Waals surface area contributed by atoms with Crippen LogP contribution in [0.2, 0.25) is 0 Å². The normalized spacial score (nSPS) is 10.2. The fourth-order valence-electron chi connectivity index (χ4n) is 1.10. The molecule has 3 N–H and O–H groups in total. The van der Waals surface area contributed by atoms with Gasteiger partial charge in [-0.3, -0.25) is 4.79 Å². The lowest BCUT2D eigenvalue weighted by Gasteiger charge is -2.06. The zero-order valence-electron chi connectivity index (χ0n) is 8.72. The Labute approximate surface area is 96.4 Å². The van der Waals surface area contributed by atoms with E-state index in [0.29, 0.717) is 12.6 Å². The summed E-state index contributed by atoms with van der Waals surface area (Å²) in [4.78, 5) is 11.5. The number of benzene rings is 1. The van der Waals surface area contributed by atoms with E-state index >= 15 is 0 Å². The molecule has 1 aromatic rings. The summed E-state index contributed by atoms with van der Waals surface area (Å²) in [5, 5.41) is 2.51. The van der Waals surface area contributed by atoms with Crippen LogP contribution in [0.25, 0.3) is 0 Å². The Morgan fingerprint density at radius 1 is 1.44 bits per heavy atom. The first-order valence-electron chi connectivity index (χ1n) is 4.58. The number of hydrogen-bond donors (Lipinski definition) is 2. The van der Waals surface area contributed by atoms with Crippen LogP contribution in [0.15, 0.2) is 12.1 Å². The Morgan fingerprint density at radius 2 is 2.12 bits per heavy atom. The van der Waals surface area contributed by atoms with Crippen LogP contribution in [0.1, 0.15) is 10.4 Å². The lowest BCUT2D eigenvalue weighted by Crippen LogP contribution is -2.26. The van der Waals surface area contributed by atoms with Crippen molar-refractivity contribution in [3.8, 4) is 0 Å². The van der Waals surface area contributed by atoms with Crippen LogP contribution in [0, 0.1) is 11.6 Å². The van der Waals surface area contributed by atoms with E-state index < -0.39 is 17.5 Å². The third-order valence-corrected chi connectivity index (χ3v) is 2.54. The van der Waals surface area contributed by atoms with Crippen LogP contribution < -0.4 is 11.1 Å². The largest absolute Gasteiger partial charge is 0.396 e. The number of hydrogen-bond acceptors (Lipinski definition) is 3. The molecule has 88 valence electrons. The second kappa shape index (κ2) is 5.69. The summed E-state index contributed by atoms with van der Waals surface area (Å²) in [5.41, 5.74) is 4.78. The van der Waals surface area contributed by atoms with Crippen molar-refractivity contribution in [1.82, 2.24) is 5.32 Å². The average molecular weight is 246 g/mol. The molecule has 16 heavy (non-hydrogen) atoms. The van der Waals surface area contributed by atoms with Crippen molar-refractivity contribution in [1.29, 1.82) is 0 Å². The van der Waals surface area contributed by atoms with Gasteiger partial charge in [0.1, 0.15) is 11.6 Å². The maximum Gasteiger partial charge on any atom is 0.254 e. The maximum absolute atomic E-state index is 13.2. The summed E-state index contributed by atoms with van der Waals surface area (Å²) in [6.45, 7) is 0.427. The van der Waals surface area contributed by atoms with E-state index in [1.807, 2.05) is 6.26 Å². The minimum atomic E-state index is -0.909. The van der Waals surface area contributed by atoms with Gasteiger partial charge in [-0.05, 0) is 12.3 Å². The highest BCUT2D eigenvalue weighted by Gasteiger charge is 2.14. The topological polar surface area (TPSA) is 55.1 Å². The number of nitrogens with two attached hydrogens (primary N) is 1. The number of carbonyl (C=O) groups is 1. The van der Waals surface area contributed by atoms with Crippen molar-refractivity contribution >= 4 is 23.4 Å². The van der Waals surface area contributed by atoms with Crippen molar-refractivity contribution in [3.63, 3.8) is 0 Å². The van der Waals surface area contributed by atoms with Crippen LogP contribution in [-0.4, -0.2) is 24.5 Å². The van der Waals surface area contributed by atoms with Crippen molar-refractivity contribution in [3.05, 3.63) is 29.3 Å². The van der Waals surface area contributed by atoms with E-state index in [2.05, 4.69) is 5.32 Å². The fraction of sp³-hybridized carbons (Fsp3) is 0.300. The van der Waals surface area contributed by atoms with E-state index in [1.54, 1.807) is 11.8 Å². The van der Waals surface area contributed by atoms with Crippen molar-refractivity contribution in [2.45, 2.75) is 0 Å². The SMILES string of the molecule is CSCCNC(=O)c1cc(N)c(F)cc1F. The van der Waals surface area contributed by atoms with Gasteiger partial charge < -0.3 is 11.1 Å². The third-order valence-electron chi connectivity index (χ3n) is 1.92. The zero-order chi connectivity index (χ0) is 12.1. The molecular formula is C10H12F2N2OS. The number of amides is 1. The van der Waals surface area contributed by atoms with Crippen molar-refractivity contribution < 1.29 is 13.6 Å². The molecule has 0 unspecified atom stereocenters. The van der Waals surface area contributed by atoms with E-state index in [0.717, 1.165) is 11.8 Å². The molecule has 0 aliphatic rings. The van der Waals surface area contributed by atoms with E-state index in [4.69, 9.17) is 5.73 Å². The van der Waals surface area contributed by atoms with Gasteiger partial charge in [-0.1, -0.05) is 0 Å². The number of carbonyl (C=O) groups excluding carboxylic acids is 1. The Morgan fingerprint density at radius 3 is 2.75 bits per heavy atom. The third kappa shape index (κ3) is 3.10. The summed E-state index contributed by atoms with van der Waals surface area (Å²) in [6, 6.07) is 1.61. The molecule has 0 saturated carbocycles. The van der Waals surface area contributed by atoms with Gasteiger partial charge in [0.05, 0.1) is 11.3 Å². The first-order chi connectivity index (χ1) is 7.56. The minimum Gasteiger partial charge on any atom is -0.396 e. The molecule has 0 radical (unpaired) electrons. The highest BCUT2D eigenvalue weighted by Crippen LogP contribution is 2.16. The van der Waals surface area contributed by atoms with E-state index in [1.165, 1.54) is 0 Å². The highest BCUT2D eigenvalue weighted by molar-refractivity contribution is 7.98. The minimum absolute atomic E-state index is 0.236. The Balaban J connectivity index is 2.79. The summed E-state index contributed by atoms with van der Waals surface area (Å²) in [5.74, 6) is -1.63. The number of halogens is 2. The molecule has 0 aliphatic heterocycles. The van der Waals surface area contributed by atoms with E-state index in [-0.39, 0.29) is 11.3 Å². The fourth-order valence-corrected chi connectivity index (χ4v) is 1.41. The van der Waals surface area contributed by atoms with Gasteiger partial charge in [0, 0.05) is 18.4 Å². The predicted octanol–water partition coefficient (Wildman–Crippen LogP) is 1.64. The summed E-state index contributed by atoms with van der Waals surface area (Å²) in [7, 11) is 0. The molecule has 0 aromatic heterocycles. The summed E-state index contributed by atoms with van der Waals surface area (Å²) >= 11 is 1.56. The molecule has 0 fully saturated rings. The Kier molecular flexibility index (Phi) is 4.54. The zero-order valence-corrected chi connectivity index (χ0v) is 9.54. The smallest absolute Gasteiger partial charge is 0.254 e. The molecule has 0 bridgehead atoms. The summed E-state index contributed by atoms with van der Waals surface area (Å²) < 4.78 is 26.1. The molecule has 0 heterocycles. The first-order valence-corrected chi connectivity index (χ1v) is 5.97. The quantitative estimate of drug-likeness (QED) is 0.627. The molecule has 0 aliphatic carbocycles. The van der Waals surface area contributed by atoms with Gasteiger partial charge in [0.25, 0.3) is 5.91 Å². The Bertz CT molecular complexity index is 399. The molecular weight excluding hydrogens is 234 g/mol. The lowest BCUT2D eigenvalue weighted by molar-refractivity contribution is 0.0952.